The normalized spacial score (nSPS) is 12.5. The number of sulfonamides is 1. The van der Waals surface area contributed by atoms with Crippen LogP contribution < -0.4 is 5.32 Å². The molecule has 0 bridgehead atoms. The number of aryl methyl sites for hydroxylation is 1. The molecule has 0 radical (unpaired) electrons. The second-order valence-electron chi connectivity index (χ2n) is 6.90. The van der Waals surface area contributed by atoms with Crippen molar-refractivity contribution < 1.29 is 13.2 Å². The van der Waals surface area contributed by atoms with Crippen molar-refractivity contribution in [3.63, 3.8) is 0 Å². The molecule has 0 aromatic heterocycles. The summed E-state index contributed by atoms with van der Waals surface area (Å²) in [5, 5.41) is 2.98. The minimum absolute atomic E-state index is 0.161. The summed E-state index contributed by atoms with van der Waals surface area (Å²) in [5.41, 5.74) is 2.99. The standard InChI is InChI=1S/C23H24N2O3S/c1-18-13-15-20(16-14-18)23(19-9-5-3-6-10-19)24-22(26)17-25(2)29(27,28)21-11-7-4-8-12-21/h3-16,23H,17H2,1-2H3,(H,24,26)/t23-/m1/s1. The summed E-state index contributed by atoms with van der Waals surface area (Å²) in [5.74, 6) is -0.374. The molecule has 0 spiro atoms. The smallest absolute Gasteiger partial charge is 0.243 e. The van der Waals surface area contributed by atoms with E-state index in [1.54, 1.807) is 18.2 Å². The number of rotatable bonds is 7. The second-order valence-corrected chi connectivity index (χ2v) is 8.94. The monoisotopic (exact) mass is 408 g/mol. The molecule has 3 aromatic rings. The van der Waals surface area contributed by atoms with E-state index in [2.05, 4.69) is 5.32 Å². The number of amides is 1. The Labute approximate surface area is 172 Å². The molecular formula is C23H24N2O3S. The molecule has 0 saturated heterocycles. The summed E-state index contributed by atoms with van der Waals surface area (Å²) in [7, 11) is -2.32. The quantitative estimate of drug-likeness (QED) is 0.650. The van der Waals surface area contributed by atoms with Gasteiger partial charge in [-0.1, -0.05) is 78.4 Å². The van der Waals surface area contributed by atoms with Crippen LogP contribution in [0.15, 0.2) is 89.8 Å². The van der Waals surface area contributed by atoms with Gasteiger partial charge in [0, 0.05) is 7.05 Å². The topological polar surface area (TPSA) is 66.5 Å². The van der Waals surface area contributed by atoms with Crippen LogP contribution in [0.25, 0.3) is 0 Å². The van der Waals surface area contributed by atoms with E-state index >= 15 is 0 Å². The second kappa shape index (κ2) is 9.03. The highest BCUT2D eigenvalue weighted by Crippen LogP contribution is 2.22. The van der Waals surface area contributed by atoms with Crippen molar-refractivity contribution in [1.29, 1.82) is 0 Å². The van der Waals surface area contributed by atoms with Gasteiger partial charge in [0.1, 0.15) is 0 Å². The van der Waals surface area contributed by atoms with Gasteiger partial charge in [-0.3, -0.25) is 4.79 Å². The Kier molecular flexibility index (Phi) is 6.46. The maximum absolute atomic E-state index is 12.7. The Morgan fingerprint density at radius 2 is 1.38 bits per heavy atom. The number of nitrogens with one attached hydrogen (secondary N) is 1. The van der Waals surface area contributed by atoms with Crippen molar-refractivity contribution in [1.82, 2.24) is 9.62 Å². The average Bonchev–Trinajstić information content (AvgIpc) is 2.74. The number of carbonyl (C=O) groups is 1. The summed E-state index contributed by atoms with van der Waals surface area (Å²) in [6, 6.07) is 25.3. The van der Waals surface area contributed by atoms with Crippen molar-refractivity contribution in [2.24, 2.45) is 0 Å². The number of carbonyl (C=O) groups excluding carboxylic acids is 1. The molecule has 3 rings (SSSR count). The van der Waals surface area contributed by atoms with Crippen molar-refractivity contribution >= 4 is 15.9 Å². The van der Waals surface area contributed by atoms with E-state index < -0.39 is 10.0 Å². The molecule has 1 N–H and O–H groups in total. The zero-order chi connectivity index (χ0) is 20.9. The lowest BCUT2D eigenvalue weighted by Crippen LogP contribution is -2.40. The van der Waals surface area contributed by atoms with Crippen LogP contribution in [-0.4, -0.2) is 32.2 Å². The molecule has 6 heteroatoms. The van der Waals surface area contributed by atoms with Gasteiger partial charge in [0.15, 0.2) is 0 Å². The summed E-state index contributed by atoms with van der Waals surface area (Å²) < 4.78 is 26.4. The van der Waals surface area contributed by atoms with E-state index in [4.69, 9.17) is 0 Å². The van der Waals surface area contributed by atoms with Gasteiger partial charge in [0.05, 0.1) is 17.5 Å². The van der Waals surface area contributed by atoms with Crippen LogP contribution in [0.3, 0.4) is 0 Å². The maximum atomic E-state index is 12.7. The van der Waals surface area contributed by atoms with Gasteiger partial charge in [-0.05, 0) is 30.2 Å². The van der Waals surface area contributed by atoms with Gasteiger partial charge in [-0.25, -0.2) is 8.42 Å². The molecule has 150 valence electrons. The summed E-state index contributed by atoms with van der Waals surface area (Å²) >= 11 is 0. The van der Waals surface area contributed by atoms with Gasteiger partial charge in [0.2, 0.25) is 15.9 Å². The molecule has 1 atom stereocenters. The third-order valence-corrected chi connectivity index (χ3v) is 6.48. The first-order chi connectivity index (χ1) is 13.9. The molecule has 0 saturated carbocycles. The number of hydrogen-bond acceptors (Lipinski definition) is 3. The van der Waals surface area contributed by atoms with Gasteiger partial charge >= 0.3 is 0 Å². The van der Waals surface area contributed by atoms with Gasteiger partial charge in [-0.15, -0.1) is 0 Å². The number of benzene rings is 3. The summed E-state index contributed by atoms with van der Waals surface area (Å²) in [4.78, 5) is 12.9. The van der Waals surface area contributed by atoms with Crippen LogP contribution in [0.1, 0.15) is 22.7 Å². The number of nitrogens with zero attached hydrogens (tertiary/aromatic N) is 1. The van der Waals surface area contributed by atoms with E-state index in [1.807, 2.05) is 61.5 Å². The lowest BCUT2D eigenvalue weighted by atomic mass is 9.98. The average molecular weight is 409 g/mol. The fraction of sp³-hybridized carbons (Fsp3) is 0.174. The maximum Gasteiger partial charge on any atom is 0.243 e. The van der Waals surface area contributed by atoms with Crippen LogP contribution in [0.4, 0.5) is 0 Å². The van der Waals surface area contributed by atoms with Crippen LogP contribution in [0.2, 0.25) is 0 Å². The Bertz CT molecular complexity index is 1050. The fourth-order valence-corrected chi connectivity index (χ4v) is 4.18. The first-order valence-corrected chi connectivity index (χ1v) is 10.7. The Morgan fingerprint density at radius 1 is 0.862 bits per heavy atom. The highest BCUT2D eigenvalue weighted by Gasteiger charge is 2.24. The van der Waals surface area contributed by atoms with Crippen LogP contribution in [-0.2, 0) is 14.8 Å². The highest BCUT2D eigenvalue weighted by atomic mass is 32.2. The number of likely N-dealkylation sites (N-methyl/N-ethyl adjacent to an activating group) is 1. The van der Waals surface area contributed by atoms with Gasteiger partial charge in [0.25, 0.3) is 0 Å². The lowest BCUT2D eigenvalue weighted by molar-refractivity contribution is -0.121. The summed E-state index contributed by atoms with van der Waals surface area (Å²) in [6.45, 7) is 1.73. The molecule has 1 amide bonds. The van der Waals surface area contributed by atoms with E-state index in [9.17, 15) is 13.2 Å². The molecule has 0 unspecified atom stereocenters. The predicted molar refractivity (Wildman–Crippen MR) is 114 cm³/mol. The molecule has 0 aliphatic rings. The van der Waals surface area contributed by atoms with Gasteiger partial charge in [-0.2, -0.15) is 4.31 Å². The molecule has 0 fully saturated rings. The van der Waals surface area contributed by atoms with Crippen molar-refractivity contribution in [2.45, 2.75) is 17.9 Å². The predicted octanol–water partition coefficient (Wildman–Crippen LogP) is 3.52. The SMILES string of the molecule is Cc1ccc([C@H](NC(=O)CN(C)S(=O)(=O)c2ccccc2)c2ccccc2)cc1. The number of hydrogen-bond donors (Lipinski definition) is 1. The molecule has 3 aromatic carbocycles. The van der Waals surface area contributed by atoms with Crippen LogP contribution >= 0.6 is 0 Å². The molecule has 5 nitrogen and oxygen atoms in total. The lowest BCUT2D eigenvalue weighted by Gasteiger charge is -2.22. The first-order valence-electron chi connectivity index (χ1n) is 9.30. The molecule has 29 heavy (non-hydrogen) atoms. The highest BCUT2D eigenvalue weighted by molar-refractivity contribution is 7.89. The van der Waals surface area contributed by atoms with Crippen LogP contribution in [0, 0.1) is 6.92 Å². The van der Waals surface area contributed by atoms with E-state index in [-0.39, 0.29) is 23.4 Å². The third kappa shape index (κ3) is 5.10. The minimum Gasteiger partial charge on any atom is -0.344 e. The third-order valence-electron chi connectivity index (χ3n) is 4.67. The van der Waals surface area contributed by atoms with Crippen molar-refractivity contribution in [3.05, 3.63) is 102 Å². The Morgan fingerprint density at radius 3 is 1.97 bits per heavy atom. The van der Waals surface area contributed by atoms with Crippen molar-refractivity contribution in [2.75, 3.05) is 13.6 Å². The minimum atomic E-state index is -3.73. The zero-order valence-electron chi connectivity index (χ0n) is 16.4. The Balaban J connectivity index is 1.79. The molecular weight excluding hydrogens is 384 g/mol. The van der Waals surface area contributed by atoms with Crippen molar-refractivity contribution in [3.8, 4) is 0 Å². The largest absolute Gasteiger partial charge is 0.344 e. The van der Waals surface area contributed by atoms with E-state index in [0.29, 0.717) is 0 Å². The van der Waals surface area contributed by atoms with Gasteiger partial charge < -0.3 is 5.32 Å². The van der Waals surface area contributed by atoms with E-state index in [1.165, 1.54) is 19.2 Å². The Hall–Kier alpha value is -2.96. The molecule has 0 aliphatic heterocycles. The zero-order valence-corrected chi connectivity index (χ0v) is 17.3. The molecule has 0 aliphatic carbocycles. The summed E-state index contributed by atoms with van der Waals surface area (Å²) in [6.07, 6.45) is 0. The first kappa shape index (κ1) is 20.8. The van der Waals surface area contributed by atoms with E-state index in [0.717, 1.165) is 21.0 Å². The molecule has 0 heterocycles. The fourth-order valence-electron chi connectivity index (χ4n) is 3.03. The van der Waals surface area contributed by atoms with Crippen LogP contribution in [0.5, 0.6) is 0 Å².